The Balaban J connectivity index is 1.65. The molecule has 0 saturated carbocycles. The molecule has 218 valence electrons. The fourth-order valence-electron chi connectivity index (χ4n) is 6.02. The standard InChI is InChI=1S/C33H28FN3O4S2/c1-20-7-10-26(11-8-20)43(40,41)37-29-12-9-24(34)19-28(29)30(27-14-16-42-32(27)35-3)31(37)22-5-4-6-25(18-22)36-15-13-23(33(38)39)17-21(36)2/h4-12,14,16,18-19,21,23H,13,15,17H2,1-2H3,(H,38,39)/t21-,23-/m1/s1. The number of aryl methyl sites for hydroxylation is 1. The third-order valence-corrected chi connectivity index (χ3v) is 10.7. The first-order chi connectivity index (χ1) is 20.6. The lowest BCUT2D eigenvalue weighted by Crippen LogP contribution is -2.42. The van der Waals surface area contributed by atoms with Crippen molar-refractivity contribution < 1.29 is 22.7 Å². The van der Waals surface area contributed by atoms with Crippen LogP contribution < -0.4 is 4.90 Å². The van der Waals surface area contributed by atoms with Crippen molar-refractivity contribution in [2.75, 3.05) is 11.4 Å². The molecule has 0 aliphatic carbocycles. The fourth-order valence-corrected chi connectivity index (χ4v) is 8.25. The Bertz CT molecular complexity index is 2020. The van der Waals surface area contributed by atoms with Crippen LogP contribution in [0, 0.1) is 25.2 Å². The van der Waals surface area contributed by atoms with Gasteiger partial charge in [-0.1, -0.05) is 35.9 Å². The van der Waals surface area contributed by atoms with E-state index >= 15 is 0 Å². The monoisotopic (exact) mass is 613 g/mol. The molecule has 1 aliphatic heterocycles. The number of nitrogens with zero attached hydrogens (tertiary/aromatic N) is 3. The lowest BCUT2D eigenvalue weighted by Gasteiger charge is -2.38. The van der Waals surface area contributed by atoms with Gasteiger partial charge in [0.25, 0.3) is 10.0 Å². The third-order valence-electron chi connectivity index (χ3n) is 8.14. The van der Waals surface area contributed by atoms with Crippen molar-refractivity contribution in [2.24, 2.45) is 5.92 Å². The smallest absolute Gasteiger partial charge is 0.306 e. The Kier molecular flexibility index (Phi) is 7.32. The van der Waals surface area contributed by atoms with Gasteiger partial charge in [-0.3, -0.25) is 4.79 Å². The van der Waals surface area contributed by atoms with Crippen LogP contribution in [-0.4, -0.2) is 36.1 Å². The number of anilines is 1. The molecular weight excluding hydrogens is 586 g/mol. The molecule has 1 saturated heterocycles. The molecule has 1 fully saturated rings. The number of hydrogen-bond donors (Lipinski definition) is 1. The maximum absolute atomic E-state index is 14.8. The minimum Gasteiger partial charge on any atom is -0.481 e. The zero-order valence-electron chi connectivity index (χ0n) is 23.5. The number of halogens is 1. The predicted octanol–water partition coefficient (Wildman–Crippen LogP) is 7.96. The SMILES string of the molecule is [C-]#[N+]c1sccc1-c1c(-c2cccc(N3CC[C@@H](C(=O)O)C[C@H]3C)c2)n(S(=O)(=O)c2ccc(C)cc2)c2ccc(F)cc12. The molecule has 3 heterocycles. The number of benzene rings is 3. The van der Waals surface area contributed by atoms with Crippen molar-refractivity contribution >= 4 is 48.9 Å². The summed E-state index contributed by atoms with van der Waals surface area (Å²) in [5, 5.41) is 12.1. The molecule has 0 bridgehead atoms. The van der Waals surface area contributed by atoms with Gasteiger partial charge in [0.15, 0.2) is 0 Å². The van der Waals surface area contributed by atoms with Crippen molar-refractivity contribution in [1.29, 1.82) is 0 Å². The Morgan fingerprint density at radius 2 is 1.86 bits per heavy atom. The van der Waals surface area contributed by atoms with E-state index in [2.05, 4.69) is 9.74 Å². The van der Waals surface area contributed by atoms with Crippen molar-refractivity contribution in [3.8, 4) is 22.4 Å². The third kappa shape index (κ3) is 4.98. The quantitative estimate of drug-likeness (QED) is 0.197. The molecule has 10 heteroatoms. The molecule has 0 unspecified atom stereocenters. The number of aliphatic carboxylic acids is 1. The first kappa shape index (κ1) is 28.6. The molecule has 3 aromatic carbocycles. The average molecular weight is 614 g/mol. The van der Waals surface area contributed by atoms with Crippen molar-refractivity contribution in [2.45, 2.75) is 37.6 Å². The molecule has 0 amide bonds. The first-order valence-electron chi connectivity index (χ1n) is 13.8. The molecule has 2 aromatic heterocycles. The van der Waals surface area contributed by atoms with E-state index in [1.54, 1.807) is 35.7 Å². The van der Waals surface area contributed by atoms with E-state index in [1.807, 2.05) is 38.1 Å². The second kappa shape index (κ2) is 11.0. The van der Waals surface area contributed by atoms with Gasteiger partial charge >= 0.3 is 5.97 Å². The van der Waals surface area contributed by atoms with Gasteiger partial charge in [-0.25, -0.2) is 21.6 Å². The zero-order chi connectivity index (χ0) is 30.5. The van der Waals surface area contributed by atoms with Crippen LogP contribution in [0.3, 0.4) is 0 Å². The number of hydrogen-bond acceptors (Lipinski definition) is 5. The maximum Gasteiger partial charge on any atom is 0.306 e. The summed E-state index contributed by atoms with van der Waals surface area (Å²) < 4.78 is 45.0. The summed E-state index contributed by atoms with van der Waals surface area (Å²) in [6.45, 7) is 12.2. The van der Waals surface area contributed by atoms with E-state index in [0.29, 0.717) is 57.7 Å². The van der Waals surface area contributed by atoms with Gasteiger partial charge in [0.2, 0.25) is 5.00 Å². The fraction of sp³-hybridized carbons (Fsp3) is 0.212. The van der Waals surface area contributed by atoms with Crippen LogP contribution in [0.5, 0.6) is 0 Å². The van der Waals surface area contributed by atoms with Crippen LogP contribution in [0.2, 0.25) is 0 Å². The Hall–Kier alpha value is -4.46. The van der Waals surface area contributed by atoms with Crippen LogP contribution in [0.1, 0.15) is 25.3 Å². The Morgan fingerprint density at radius 3 is 2.56 bits per heavy atom. The number of fused-ring (bicyclic) bond motifs is 1. The van der Waals surface area contributed by atoms with E-state index in [4.69, 9.17) is 6.57 Å². The molecule has 7 nitrogen and oxygen atoms in total. The van der Waals surface area contributed by atoms with Gasteiger partial charge in [-0.05, 0) is 74.5 Å². The largest absolute Gasteiger partial charge is 0.481 e. The predicted molar refractivity (Wildman–Crippen MR) is 168 cm³/mol. The summed E-state index contributed by atoms with van der Waals surface area (Å²) in [6, 6.07) is 19.8. The molecule has 1 N–H and O–H groups in total. The number of thiophene rings is 1. The lowest BCUT2D eigenvalue weighted by atomic mass is 9.91. The normalized spacial score (nSPS) is 17.2. The lowest BCUT2D eigenvalue weighted by molar-refractivity contribution is -0.142. The molecule has 1 aliphatic rings. The molecule has 2 atom stereocenters. The van der Waals surface area contributed by atoms with Crippen LogP contribution >= 0.6 is 11.3 Å². The van der Waals surface area contributed by atoms with Crippen LogP contribution in [0.25, 0.3) is 38.1 Å². The highest BCUT2D eigenvalue weighted by atomic mass is 32.2. The summed E-state index contributed by atoms with van der Waals surface area (Å²) in [4.78, 5) is 17.6. The molecular formula is C33H28FN3O4S2. The van der Waals surface area contributed by atoms with Crippen LogP contribution in [0.4, 0.5) is 15.1 Å². The first-order valence-corrected chi connectivity index (χ1v) is 16.1. The van der Waals surface area contributed by atoms with Gasteiger partial charge in [0.1, 0.15) is 5.82 Å². The summed E-state index contributed by atoms with van der Waals surface area (Å²) in [6.07, 6.45) is 0.995. The number of carbonyl (C=O) groups is 1. The number of carboxylic acid groups (broad SMARTS) is 1. The molecule has 5 aromatic rings. The molecule has 0 radical (unpaired) electrons. The second-order valence-electron chi connectivity index (χ2n) is 10.9. The van der Waals surface area contributed by atoms with Gasteiger partial charge in [0, 0.05) is 40.4 Å². The average Bonchev–Trinajstić information content (AvgIpc) is 3.59. The Labute approximate surface area is 253 Å². The zero-order valence-corrected chi connectivity index (χ0v) is 25.1. The summed E-state index contributed by atoms with van der Waals surface area (Å²) in [5.74, 6) is -1.73. The van der Waals surface area contributed by atoms with E-state index in [9.17, 15) is 22.7 Å². The van der Waals surface area contributed by atoms with Gasteiger partial charge in [0.05, 0.1) is 28.6 Å². The van der Waals surface area contributed by atoms with Crippen LogP contribution in [-0.2, 0) is 14.8 Å². The molecule has 0 spiro atoms. The van der Waals surface area contributed by atoms with E-state index in [0.717, 1.165) is 11.3 Å². The highest BCUT2D eigenvalue weighted by molar-refractivity contribution is 7.90. The number of piperidine rings is 1. The molecule has 43 heavy (non-hydrogen) atoms. The minimum atomic E-state index is -4.19. The topological polar surface area (TPSA) is 84.0 Å². The highest BCUT2D eigenvalue weighted by Gasteiger charge is 2.32. The van der Waals surface area contributed by atoms with E-state index in [-0.39, 0.29) is 10.9 Å². The van der Waals surface area contributed by atoms with E-state index in [1.165, 1.54) is 33.5 Å². The number of carboxylic acids is 1. The summed E-state index contributed by atoms with van der Waals surface area (Å²) >= 11 is 1.24. The highest BCUT2D eigenvalue weighted by Crippen LogP contribution is 2.48. The van der Waals surface area contributed by atoms with Gasteiger partial charge < -0.3 is 10.0 Å². The van der Waals surface area contributed by atoms with Crippen molar-refractivity contribution in [3.63, 3.8) is 0 Å². The molecule has 6 rings (SSSR count). The maximum atomic E-state index is 14.8. The van der Waals surface area contributed by atoms with Gasteiger partial charge in [-0.2, -0.15) is 11.3 Å². The summed E-state index contributed by atoms with van der Waals surface area (Å²) in [5.41, 5.74) is 3.94. The second-order valence-corrected chi connectivity index (χ2v) is 13.6. The van der Waals surface area contributed by atoms with Gasteiger partial charge in [-0.15, -0.1) is 0 Å². The van der Waals surface area contributed by atoms with Crippen molar-refractivity contribution in [1.82, 2.24) is 3.97 Å². The summed E-state index contributed by atoms with van der Waals surface area (Å²) in [7, 11) is -4.19. The Morgan fingerprint density at radius 1 is 1.09 bits per heavy atom. The number of aromatic nitrogens is 1. The van der Waals surface area contributed by atoms with Crippen molar-refractivity contribution in [3.05, 3.63) is 101 Å². The minimum absolute atomic E-state index is 0.0496. The van der Waals surface area contributed by atoms with E-state index < -0.39 is 27.7 Å². The van der Waals surface area contributed by atoms with Crippen LogP contribution in [0.15, 0.2) is 83.1 Å². The number of rotatable bonds is 6.